The third-order valence-corrected chi connectivity index (χ3v) is 8.88. The lowest BCUT2D eigenvalue weighted by molar-refractivity contribution is 0.102. The van der Waals surface area contributed by atoms with Crippen LogP contribution in [-0.4, -0.2) is 49.9 Å². The summed E-state index contributed by atoms with van der Waals surface area (Å²) in [6, 6.07) is 11.7. The van der Waals surface area contributed by atoms with E-state index in [2.05, 4.69) is 10.3 Å². The van der Waals surface area contributed by atoms with Gasteiger partial charge in [-0.05, 0) is 55.3 Å². The fourth-order valence-electron chi connectivity index (χ4n) is 4.24. The van der Waals surface area contributed by atoms with Gasteiger partial charge in [0.25, 0.3) is 5.91 Å². The normalized spacial score (nSPS) is 16.1. The second-order valence-corrected chi connectivity index (χ2v) is 11.2. The molecule has 1 amide bonds. The Labute approximate surface area is 202 Å². The monoisotopic (exact) mass is 499 g/mol. The second-order valence-electron chi connectivity index (χ2n) is 8.33. The number of hydrogen-bond donors (Lipinski definition) is 1. The van der Waals surface area contributed by atoms with Crippen molar-refractivity contribution in [2.75, 3.05) is 25.6 Å². The molecule has 2 aromatic carbocycles. The second kappa shape index (κ2) is 9.36. The molecular weight excluding hydrogens is 474 g/mol. The van der Waals surface area contributed by atoms with Gasteiger partial charge < -0.3 is 9.47 Å². The van der Waals surface area contributed by atoms with Crippen LogP contribution in [0.4, 0.5) is 5.13 Å². The minimum Gasteiger partial charge on any atom is -0.486 e. The average molecular weight is 500 g/mol. The summed E-state index contributed by atoms with van der Waals surface area (Å²) >= 11 is 1.31. The van der Waals surface area contributed by atoms with Crippen LogP contribution in [0.2, 0.25) is 0 Å². The maximum atomic E-state index is 12.9. The molecule has 34 heavy (non-hydrogen) atoms. The molecule has 1 fully saturated rings. The van der Waals surface area contributed by atoms with E-state index in [1.165, 1.54) is 39.9 Å². The molecule has 1 aromatic heterocycles. The van der Waals surface area contributed by atoms with Crippen LogP contribution >= 0.6 is 11.3 Å². The van der Waals surface area contributed by atoms with Crippen LogP contribution in [0.25, 0.3) is 11.3 Å². The Kier molecular flexibility index (Phi) is 6.28. The van der Waals surface area contributed by atoms with E-state index in [0.717, 1.165) is 31.2 Å². The number of aromatic nitrogens is 1. The molecule has 2 heterocycles. The summed E-state index contributed by atoms with van der Waals surface area (Å²) in [5.74, 6) is 1.03. The van der Waals surface area contributed by atoms with E-state index in [1.807, 2.05) is 23.6 Å². The van der Waals surface area contributed by atoms with Crippen LogP contribution in [0.5, 0.6) is 11.5 Å². The lowest BCUT2D eigenvalue weighted by Crippen LogP contribution is -2.35. The van der Waals surface area contributed by atoms with Gasteiger partial charge >= 0.3 is 0 Å². The zero-order valence-corrected chi connectivity index (χ0v) is 20.3. The maximum Gasteiger partial charge on any atom is 0.257 e. The van der Waals surface area contributed by atoms with E-state index < -0.39 is 10.0 Å². The molecule has 8 nitrogen and oxygen atoms in total. The average Bonchev–Trinajstić information content (AvgIpc) is 3.56. The Morgan fingerprint density at radius 1 is 1.06 bits per heavy atom. The van der Waals surface area contributed by atoms with Crippen molar-refractivity contribution >= 4 is 32.4 Å². The molecule has 1 aliphatic carbocycles. The van der Waals surface area contributed by atoms with Crippen molar-refractivity contribution in [2.45, 2.75) is 36.6 Å². The quantitative estimate of drug-likeness (QED) is 0.540. The van der Waals surface area contributed by atoms with Crippen molar-refractivity contribution < 1.29 is 22.7 Å². The minimum absolute atomic E-state index is 0.0429. The number of thiazole rings is 1. The largest absolute Gasteiger partial charge is 0.486 e. The number of anilines is 1. The number of fused-ring (bicyclic) bond motifs is 1. The number of ether oxygens (including phenoxy) is 2. The Morgan fingerprint density at radius 2 is 1.76 bits per heavy atom. The molecule has 2 aliphatic rings. The van der Waals surface area contributed by atoms with Crippen LogP contribution in [0, 0.1) is 0 Å². The number of rotatable bonds is 6. The van der Waals surface area contributed by atoms with Crippen molar-refractivity contribution in [1.29, 1.82) is 0 Å². The number of nitrogens with one attached hydrogen (secondary N) is 1. The van der Waals surface area contributed by atoms with Crippen LogP contribution < -0.4 is 14.8 Å². The molecule has 1 saturated carbocycles. The fourth-order valence-corrected chi connectivity index (χ4v) is 6.37. The molecule has 0 unspecified atom stereocenters. The minimum atomic E-state index is -3.59. The molecule has 0 atom stereocenters. The van der Waals surface area contributed by atoms with Crippen molar-refractivity contribution in [3.8, 4) is 22.8 Å². The smallest absolute Gasteiger partial charge is 0.257 e. The molecule has 10 heteroatoms. The molecular formula is C24H25N3O5S2. The van der Waals surface area contributed by atoms with Crippen LogP contribution in [0.1, 0.15) is 36.0 Å². The molecule has 0 bridgehead atoms. The van der Waals surface area contributed by atoms with Gasteiger partial charge in [-0.25, -0.2) is 13.4 Å². The Balaban J connectivity index is 1.27. The van der Waals surface area contributed by atoms with Gasteiger partial charge in [-0.2, -0.15) is 4.31 Å². The molecule has 1 N–H and O–H groups in total. The van der Waals surface area contributed by atoms with Crippen molar-refractivity contribution in [1.82, 2.24) is 9.29 Å². The number of nitrogens with zero attached hydrogens (tertiary/aromatic N) is 2. The first kappa shape index (κ1) is 22.8. The summed E-state index contributed by atoms with van der Waals surface area (Å²) in [4.78, 5) is 17.4. The highest BCUT2D eigenvalue weighted by molar-refractivity contribution is 7.89. The van der Waals surface area contributed by atoms with Crippen molar-refractivity contribution in [2.24, 2.45) is 0 Å². The highest BCUT2D eigenvalue weighted by Gasteiger charge is 2.30. The summed E-state index contributed by atoms with van der Waals surface area (Å²) < 4.78 is 38.5. The van der Waals surface area contributed by atoms with E-state index in [9.17, 15) is 13.2 Å². The number of amides is 1. The summed E-state index contributed by atoms with van der Waals surface area (Å²) in [5.41, 5.74) is 1.94. The molecule has 0 saturated heterocycles. The fraction of sp³-hybridized carbons (Fsp3) is 0.333. The summed E-state index contributed by atoms with van der Waals surface area (Å²) in [6.07, 6.45) is 3.88. The maximum absolute atomic E-state index is 12.9. The summed E-state index contributed by atoms with van der Waals surface area (Å²) in [7, 11) is -1.95. The van der Waals surface area contributed by atoms with Gasteiger partial charge in [0.1, 0.15) is 13.2 Å². The van der Waals surface area contributed by atoms with Crippen LogP contribution in [0.15, 0.2) is 52.7 Å². The van der Waals surface area contributed by atoms with Crippen LogP contribution in [-0.2, 0) is 10.0 Å². The van der Waals surface area contributed by atoms with Crippen molar-refractivity contribution in [3.63, 3.8) is 0 Å². The lowest BCUT2D eigenvalue weighted by Gasteiger charge is -2.23. The Hall–Kier alpha value is -2.95. The highest BCUT2D eigenvalue weighted by atomic mass is 32.2. The molecule has 0 radical (unpaired) electrons. The summed E-state index contributed by atoms with van der Waals surface area (Å²) in [5, 5.41) is 5.10. The first-order valence-corrected chi connectivity index (χ1v) is 13.5. The van der Waals surface area contributed by atoms with Crippen molar-refractivity contribution in [3.05, 3.63) is 53.4 Å². The zero-order chi connectivity index (χ0) is 23.7. The van der Waals surface area contributed by atoms with Crippen LogP contribution in [0.3, 0.4) is 0 Å². The number of carbonyl (C=O) groups excluding carboxylic acids is 1. The van der Waals surface area contributed by atoms with Gasteiger partial charge in [-0.1, -0.05) is 12.8 Å². The van der Waals surface area contributed by atoms with Gasteiger partial charge in [-0.3, -0.25) is 10.1 Å². The lowest BCUT2D eigenvalue weighted by atomic mass is 10.1. The van der Waals surface area contributed by atoms with Gasteiger partial charge in [0.05, 0.1) is 10.6 Å². The first-order valence-electron chi connectivity index (χ1n) is 11.2. The van der Waals surface area contributed by atoms with Gasteiger partial charge in [-0.15, -0.1) is 11.3 Å². The zero-order valence-electron chi connectivity index (χ0n) is 18.7. The van der Waals surface area contributed by atoms with E-state index in [0.29, 0.717) is 41.1 Å². The molecule has 178 valence electrons. The first-order chi connectivity index (χ1) is 16.4. The third kappa shape index (κ3) is 4.53. The SMILES string of the molecule is CN(C1CCCC1)S(=O)(=O)c1ccc(C(=O)Nc2nc(-c3ccc4c(c3)OCCO4)cs2)cc1. The predicted octanol–water partition coefficient (Wildman–Crippen LogP) is 4.40. The van der Waals surface area contributed by atoms with Gasteiger partial charge in [0, 0.05) is 29.6 Å². The standard InChI is InChI=1S/C24H25N3O5S2/c1-27(18-4-2-3-5-18)34(29,30)19-9-6-16(7-10-19)23(28)26-24-25-20(15-33-24)17-8-11-21-22(14-17)32-13-12-31-21/h6-11,14-15,18H,2-5,12-13H2,1H3,(H,25,26,28). The van der Waals surface area contributed by atoms with E-state index in [4.69, 9.17) is 9.47 Å². The van der Waals surface area contributed by atoms with E-state index >= 15 is 0 Å². The van der Waals surface area contributed by atoms with E-state index in [-0.39, 0.29) is 16.8 Å². The number of hydrogen-bond acceptors (Lipinski definition) is 7. The highest BCUT2D eigenvalue weighted by Crippen LogP contribution is 2.35. The molecule has 1 aliphatic heterocycles. The predicted molar refractivity (Wildman–Crippen MR) is 130 cm³/mol. The number of benzene rings is 2. The number of carbonyl (C=O) groups is 1. The molecule has 3 aromatic rings. The topological polar surface area (TPSA) is 97.8 Å². The Morgan fingerprint density at radius 3 is 2.50 bits per heavy atom. The molecule has 0 spiro atoms. The van der Waals surface area contributed by atoms with E-state index in [1.54, 1.807) is 7.05 Å². The Bertz CT molecular complexity index is 1300. The van der Waals surface area contributed by atoms with Gasteiger partial charge in [0.15, 0.2) is 16.6 Å². The summed E-state index contributed by atoms with van der Waals surface area (Å²) in [6.45, 7) is 1.04. The number of sulfonamides is 1. The molecule has 5 rings (SSSR count). The van der Waals surface area contributed by atoms with Gasteiger partial charge in [0.2, 0.25) is 10.0 Å². The third-order valence-electron chi connectivity index (χ3n) is 6.19.